The van der Waals surface area contributed by atoms with Crippen LogP contribution in [0.15, 0.2) is 58.3 Å². The van der Waals surface area contributed by atoms with Gasteiger partial charge in [-0.25, -0.2) is 9.97 Å². The Morgan fingerprint density at radius 1 is 1.43 bits per heavy atom. The number of carbonyl (C=O) groups is 1. The van der Waals surface area contributed by atoms with E-state index in [-0.39, 0.29) is 6.42 Å². The van der Waals surface area contributed by atoms with Gasteiger partial charge in [0.05, 0.1) is 12.1 Å². The van der Waals surface area contributed by atoms with Gasteiger partial charge in [0.2, 0.25) is 0 Å². The van der Waals surface area contributed by atoms with Gasteiger partial charge in [-0.15, -0.1) is 11.3 Å². The SMILES string of the molecule is CC(C)(CC(=O)O)c1csc(Nc2ncc(Br)cc2OC2=CCC=CC=C2)n1. The second-order valence-corrected chi connectivity index (χ2v) is 8.62. The number of halogens is 1. The topological polar surface area (TPSA) is 84.3 Å². The maximum atomic E-state index is 11.1. The fraction of sp³-hybridized carbons (Fsp3) is 0.250. The van der Waals surface area contributed by atoms with Crippen molar-refractivity contribution >= 4 is 44.2 Å². The molecule has 0 fully saturated rings. The van der Waals surface area contributed by atoms with Crippen LogP contribution in [0.2, 0.25) is 0 Å². The van der Waals surface area contributed by atoms with Crippen LogP contribution in [0, 0.1) is 0 Å². The number of aromatic nitrogens is 2. The van der Waals surface area contributed by atoms with Crippen molar-refractivity contribution in [3.63, 3.8) is 0 Å². The van der Waals surface area contributed by atoms with Gasteiger partial charge in [-0.2, -0.15) is 0 Å². The van der Waals surface area contributed by atoms with Crippen molar-refractivity contribution < 1.29 is 14.6 Å². The van der Waals surface area contributed by atoms with Crippen molar-refractivity contribution in [3.8, 4) is 5.75 Å². The molecule has 2 N–H and O–H groups in total. The summed E-state index contributed by atoms with van der Waals surface area (Å²) in [5, 5.41) is 14.8. The Morgan fingerprint density at radius 3 is 3.04 bits per heavy atom. The van der Waals surface area contributed by atoms with Crippen molar-refractivity contribution in [2.45, 2.75) is 32.1 Å². The standard InChI is InChI=1S/C20H20BrN3O3S/c1-20(2,10-17(25)26)16-12-28-19(23-16)24-18-15(9-13(21)11-22-18)27-14-7-5-3-4-6-8-14/h3-5,7-9,11-12H,6,10H2,1-2H3,(H,25,26)(H,22,23,24). The number of hydrogen-bond acceptors (Lipinski definition) is 6. The van der Waals surface area contributed by atoms with E-state index in [9.17, 15) is 4.79 Å². The van der Waals surface area contributed by atoms with Crippen molar-refractivity contribution in [1.29, 1.82) is 0 Å². The highest BCUT2D eigenvalue weighted by Crippen LogP contribution is 2.34. The highest BCUT2D eigenvalue weighted by molar-refractivity contribution is 9.10. The van der Waals surface area contributed by atoms with Crippen LogP contribution in [0.3, 0.4) is 0 Å². The van der Waals surface area contributed by atoms with Crippen LogP contribution < -0.4 is 10.1 Å². The molecule has 0 spiro atoms. The smallest absolute Gasteiger partial charge is 0.304 e. The van der Waals surface area contributed by atoms with Gasteiger partial charge in [-0.05, 0) is 34.5 Å². The van der Waals surface area contributed by atoms with Crippen LogP contribution in [0.5, 0.6) is 5.75 Å². The minimum atomic E-state index is -0.850. The monoisotopic (exact) mass is 461 g/mol. The average molecular weight is 462 g/mol. The summed E-state index contributed by atoms with van der Waals surface area (Å²) < 4.78 is 6.82. The lowest BCUT2D eigenvalue weighted by Crippen LogP contribution is -2.22. The summed E-state index contributed by atoms with van der Waals surface area (Å²) in [7, 11) is 0. The lowest BCUT2D eigenvalue weighted by atomic mass is 9.86. The number of carboxylic acids is 1. The third kappa shape index (κ3) is 5.30. The predicted octanol–water partition coefficient (Wildman–Crippen LogP) is 5.58. The zero-order chi connectivity index (χ0) is 20.1. The Balaban J connectivity index is 1.81. The maximum absolute atomic E-state index is 11.1. The van der Waals surface area contributed by atoms with Gasteiger partial charge in [0.25, 0.3) is 0 Å². The van der Waals surface area contributed by atoms with Gasteiger partial charge in [0, 0.05) is 27.5 Å². The van der Waals surface area contributed by atoms with Gasteiger partial charge in [-0.1, -0.05) is 32.1 Å². The molecule has 2 aromatic heterocycles. The van der Waals surface area contributed by atoms with E-state index in [1.807, 2.05) is 55.7 Å². The van der Waals surface area contributed by atoms with Crippen LogP contribution in [-0.2, 0) is 10.2 Å². The average Bonchev–Trinajstić information content (AvgIpc) is 2.94. The molecule has 1 aliphatic carbocycles. The van der Waals surface area contributed by atoms with E-state index in [0.717, 1.165) is 22.3 Å². The molecule has 3 rings (SSSR count). The van der Waals surface area contributed by atoms with E-state index in [1.54, 1.807) is 6.20 Å². The first-order chi connectivity index (χ1) is 13.3. The van der Waals surface area contributed by atoms with Gasteiger partial charge in [0.15, 0.2) is 16.7 Å². The first kappa shape index (κ1) is 20.3. The summed E-state index contributed by atoms with van der Waals surface area (Å²) in [5.41, 5.74) is 0.167. The number of hydrogen-bond donors (Lipinski definition) is 2. The summed E-state index contributed by atoms with van der Waals surface area (Å²) >= 11 is 4.83. The van der Waals surface area contributed by atoms with Gasteiger partial charge >= 0.3 is 5.97 Å². The maximum Gasteiger partial charge on any atom is 0.304 e. The number of thiazole rings is 1. The Labute approximate surface area is 175 Å². The minimum absolute atomic E-state index is 0.00952. The number of pyridine rings is 1. The Hall–Kier alpha value is -2.45. The third-order valence-electron chi connectivity index (χ3n) is 4.03. The molecule has 0 amide bonds. The fourth-order valence-corrected chi connectivity index (χ4v) is 3.78. The first-order valence-corrected chi connectivity index (χ1v) is 10.3. The summed E-state index contributed by atoms with van der Waals surface area (Å²) in [6.07, 6.45) is 12.3. The molecule has 28 heavy (non-hydrogen) atoms. The van der Waals surface area contributed by atoms with E-state index < -0.39 is 11.4 Å². The largest absolute Gasteiger partial charge is 0.481 e. The number of ether oxygens (including phenoxy) is 1. The highest BCUT2D eigenvalue weighted by Gasteiger charge is 2.27. The van der Waals surface area contributed by atoms with Crippen molar-refractivity contribution in [2.24, 2.45) is 0 Å². The number of nitrogens with one attached hydrogen (secondary N) is 1. The lowest BCUT2D eigenvalue weighted by Gasteiger charge is -2.19. The molecule has 146 valence electrons. The molecule has 6 nitrogen and oxygen atoms in total. The molecule has 2 heterocycles. The quantitative estimate of drug-likeness (QED) is 0.559. The third-order valence-corrected chi connectivity index (χ3v) is 5.22. The zero-order valence-corrected chi connectivity index (χ0v) is 17.9. The van der Waals surface area contributed by atoms with Crippen molar-refractivity contribution in [3.05, 3.63) is 63.9 Å². The van der Waals surface area contributed by atoms with Crippen LogP contribution in [0.1, 0.15) is 32.4 Å². The zero-order valence-electron chi connectivity index (χ0n) is 15.5. The second kappa shape index (κ2) is 8.70. The van der Waals surface area contributed by atoms with Crippen molar-refractivity contribution in [2.75, 3.05) is 5.32 Å². The van der Waals surface area contributed by atoms with Gasteiger partial charge in [0.1, 0.15) is 5.76 Å². The fourth-order valence-electron chi connectivity index (χ4n) is 2.57. The molecule has 8 heteroatoms. The Morgan fingerprint density at radius 2 is 2.25 bits per heavy atom. The molecule has 1 aliphatic rings. The predicted molar refractivity (Wildman–Crippen MR) is 114 cm³/mol. The van der Waals surface area contributed by atoms with E-state index in [2.05, 4.69) is 31.2 Å². The summed E-state index contributed by atoms with van der Waals surface area (Å²) in [5.74, 6) is 0.979. The molecule has 0 aromatic carbocycles. The number of allylic oxidation sites excluding steroid dienone is 5. The molecule has 0 aliphatic heterocycles. The number of aliphatic carboxylic acids is 1. The number of nitrogens with zero attached hydrogens (tertiary/aromatic N) is 2. The Bertz CT molecular complexity index is 963. The number of rotatable bonds is 7. The van der Waals surface area contributed by atoms with Crippen LogP contribution >= 0.6 is 27.3 Å². The summed E-state index contributed by atoms with van der Waals surface area (Å²) in [6.45, 7) is 3.73. The summed E-state index contributed by atoms with van der Waals surface area (Å²) in [6, 6.07) is 1.84. The van der Waals surface area contributed by atoms with Crippen LogP contribution in [-0.4, -0.2) is 21.0 Å². The van der Waals surface area contributed by atoms with Gasteiger partial charge in [-0.3, -0.25) is 4.79 Å². The van der Waals surface area contributed by atoms with Gasteiger partial charge < -0.3 is 15.2 Å². The highest BCUT2D eigenvalue weighted by atomic mass is 79.9. The van der Waals surface area contributed by atoms with Crippen molar-refractivity contribution in [1.82, 2.24) is 9.97 Å². The molecular formula is C20H20BrN3O3S. The summed E-state index contributed by atoms with van der Waals surface area (Å²) in [4.78, 5) is 20.0. The van der Waals surface area contributed by atoms with E-state index >= 15 is 0 Å². The molecule has 0 saturated carbocycles. The van der Waals surface area contributed by atoms with E-state index in [4.69, 9.17) is 9.84 Å². The minimum Gasteiger partial charge on any atom is -0.481 e. The normalized spacial score (nSPS) is 13.8. The first-order valence-electron chi connectivity index (χ1n) is 8.65. The van der Waals surface area contributed by atoms with E-state index in [1.165, 1.54) is 11.3 Å². The Kier molecular flexibility index (Phi) is 6.31. The molecule has 0 bridgehead atoms. The number of anilines is 2. The van der Waals surface area contributed by atoms with Crippen LogP contribution in [0.25, 0.3) is 0 Å². The molecule has 2 aromatic rings. The molecule has 0 radical (unpaired) electrons. The molecule has 0 saturated heterocycles. The number of carboxylic acid groups (broad SMARTS) is 1. The molecule has 0 atom stereocenters. The van der Waals surface area contributed by atoms with Crippen LogP contribution in [0.4, 0.5) is 10.9 Å². The second-order valence-electron chi connectivity index (χ2n) is 6.85. The van der Waals surface area contributed by atoms with E-state index in [0.29, 0.717) is 16.7 Å². The lowest BCUT2D eigenvalue weighted by molar-refractivity contribution is -0.138. The molecule has 0 unspecified atom stereocenters. The molecular weight excluding hydrogens is 442 g/mol.